The van der Waals surface area contributed by atoms with Crippen LogP contribution in [0.4, 0.5) is 5.95 Å². The molecule has 0 atom stereocenters. The van der Waals surface area contributed by atoms with Crippen LogP contribution in [0.3, 0.4) is 0 Å². The summed E-state index contributed by atoms with van der Waals surface area (Å²) in [4.78, 5) is 13.1. The highest BCUT2D eigenvalue weighted by molar-refractivity contribution is 9.10. The number of nitrogens with zero attached hydrogens (tertiary/aromatic N) is 3. The van der Waals surface area contributed by atoms with Gasteiger partial charge in [-0.1, -0.05) is 13.8 Å². The number of aryl methyl sites for hydroxylation is 2. The lowest BCUT2D eigenvalue weighted by Gasteiger charge is -2.11. The van der Waals surface area contributed by atoms with Crippen LogP contribution in [0.25, 0.3) is 0 Å². The Morgan fingerprint density at radius 1 is 1.24 bits per heavy atom. The van der Waals surface area contributed by atoms with Crippen LogP contribution >= 0.6 is 15.9 Å². The molecule has 0 aliphatic carbocycles. The minimum Gasteiger partial charge on any atom is -0.436 e. The van der Waals surface area contributed by atoms with Crippen molar-refractivity contribution in [2.75, 3.05) is 11.9 Å². The van der Waals surface area contributed by atoms with Gasteiger partial charge in [0.15, 0.2) is 5.75 Å². The first kappa shape index (κ1) is 15.7. The van der Waals surface area contributed by atoms with Crippen molar-refractivity contribution in [1.82, 2.24) is 15.0 Å². The summed E-state index contributed by atoms with van der Waals surface area (Å²) in [5.74, 6) is 1.78. The molecule has 0 unspecified atom stereocenters. The van der Waals surface area contributed by atoms with Gasteiger partial charge in [0, 0.05) is 12.2 Å². The second kappa shape index (κ2) is 7.36. The summed E-state index contributed by atoms with van der Waals surface area (Å²) in [6.07, 6.45) is 3.51. The zero-order valence-corrected chi connectivity index (χ0v) is 14.1. The number of halogens is 1. The maximum atomic E-state index is 5.91. The van der Waals surface area contributed by atoms with Crippen molar-refractivity contribution >= 4 is 21.9 Å². The van der Waals surface area contributed by atoms with Crippen molar-refractivity contribution in [1.29, 1.82) is 0 Å². The van der Waals surface area contributed by atoms with Gasteiger partial charge in [-0.15, -0.1) is 0 Å². The normalized spacial score (nSPS) is 10.5. The van der Waals surface area contributed by atoms with E-state index in [0.29, 0.717) is 16.3 Å². The molecule has 2 heterocycles. The SMILES string of the molecule is CCCNc1ncc(Br)c(Oc2ccc(C)nc2CC)n1. The van der Waals surface area contributed by atoms with E-state index < -0.39 is 0 Å². The van der Waals surface area contributed by atoms with Gasteiger partial charge in [0.05, 0.1) is 16.4 Å². The quantitative estimate of drug-likeness (QED) is 0.848. The lowest BCUT2D eigenvalue weighted by molar-refractivity contribution is 0.450. The lowest BCUT2D eigenvalue weighted by Crippen LogP contribution is -2.05. The monoisotopic (exact) mass is 350 g/mol. The van der Waals surface area contributed by atoms with Crippen molar-refractivity contribution in [3.8, 4) is 11.6 Å². The second-order valence-electron chi connectivity index (χ2n) is 4.63. The fourth-order valence-corrected chi connectivity index (χ4v) is 2.07. The fourth-order valence-electron chi connectivity index (χ4n) is 1.79. The van der Waals surface area contributed by atoms with E-state index in [2.05, 4.69) is 50.0 Å². The average Bonchev–Trinajstić information content (AvgIpc) is 2.49. The molecule has 2 aromatic heterocycles. The average molecular weight is 351 g/mol. The van der Waals surface area contributed by atoms with Crippen LogP contribution in [0.1, 0.15) is 31.7 Å². The van der Waals surface area contributed by atoms with E-state index in [4.69, 9.17) is 4.74 Å². The van der Waals surface area contributed by atoms with Gasteiger partial charge < -0.3 is 10.1 Å². The minimum atomic E-state index is 0.490. The molecular formula is C15H19BrN4O. The number of pyridine rings is 1. The van der Waals surface area contributed by atoms with E-state index in [1.165, 1.54) is 0 Å². The molecule has 0 bridgehead atoms. The van der Waals surface area contributed by atoms with Gasteiger partial charge >= 0.3 is 0 Å². The highest BCUT2D eigenvalue weighted by Crippen LogP contribution is 2.29. The molecule has 0 amide bonds. The van der Waals surface area contributed by atoms with Gasteiger partial charge in [-0.2, -0.15) is 4.98 Å². The van der Waals surface area contributed by atoms with Crippen LogP contribution < -0.4 is 10.1 Å². The predicted molar refractivity (Wildman–Crippen MR) is 86.9 cm³/mol. The summed E-state index contributed by atoms with van der Waals surface area (Å²) in [5.41, 5.74) is 1.90. The van der Waals surface area contributed by atoms with Crippen LogP contribution in [0.5, 0.6) is 11.6 Å². The Balaban J connectivity index is 2.26. The van der Waals surface area contributed by atoms with Crippen molar-refractivity contribution in [2.45, 2.75) is 33.6 Å². The molecule has 2 rings (SSSR count). The van der Waals surface area contributed by atoms with Gasteiger partial charge in [-0.3, -0.25) is 4.98 Å². The lowest BCUT2D eigenvalue weighted by atomic mass is 10.2. The molecule has 0 radical (unpaired) electrons. The van der Waals surface area contributed by atoms with Crippen LogP contribution in [0.2, 0.25) is 0 Å². The minimum absolute atomic E-state index is 0.490. The van der Waals surface area contributed by atoms with Crippen molar-refractivity contribution in [2.24, 2.45) is 0 Å². The first-order valence-corrected chi connectivity index (χ1v) is 7.84. The van der Waals surface area contributed by atoms with E-state index in [0.717, 1.165) is 36.5 Å². The molecule has 5 nitrogen and oxygen atoms in total. The molecule has 0 saturated heterocycles. The van der Waals surface area contributed by atoms with Gasteiger partial charge in [-0.05, 0) is 47.8 Å². The van der Waals surface area contributed by atoms with E-state index in [9.17, 15) is 0 Å². The molecule has 112 valence electrons. The maximum absolute atomic E-state index is 5.91. The van der Waals surface area contributed by atoms with Gasteiger partial charge in [-0.25, -0.2) is 4.98 Å². The van der Waals surface area contributed by atoms with E-state index >= 15 is 0 Å². The Bertz CT molecular complexity index is 619. The van der Waals surface area contributed by atoms with Gasteiger partial charge in [0.25, 0.3) is 0 Å². The summed E-state index contributed by atoms with van der Waals surface area (Å²) >= 11 is 3.42. The summed E-state index contributed by atoms with van der Waals surface area (Å²) in [7, 11) is 0. The molecule has 6 heteroatoms. The number of hydrogen-bond donors (Lipinski definition) is 1. The van der Waals surface area contributed by atoms with Crippen LogP contribution in [0, 0.1) is 6.92 Å². The maximum Gasteiger partial charge on any atom is 0.238 e. The van der Waals surface area contributed by atoms with Gasteiger partial charge in [0.2, 0.25) is 11.8 Å². The number of hydrogen-bond acceptors (Lipinski definition) is 5. The zero-order chi connectivity index (χ0) is 15.2. The first-order valence-electron chi connectivity index (χ1n) is 7.04. The molecule has 0 aliphatic rings. The van der Waals surface area contributed by atoms with Crippen LogP contribution in [0.15, 0.2) is 22.8 Å². The number of aromatic nitrogens is 3. The Morgan fingerprint density at radius 3 is 2.76 bits per heavy atom. The standard InChI is InChI=1S/C15H19BrN4O/c1-4-8-17-15-18-9-11(16)14(20-15)21-13-7-6-10(3)19-12(13)5-2/h6-7,9H,4-5,8H2,1-3H3,(H,17,18,20). The number of nitrogens with one attached hydrogen (secondary N) is 1. The molecule has 1 N–H and O–H groups in total. The van der Waals surface area contributed by atoms with Gasteiger partial charge in [0.1, 0.15) is 0 Å². The summed E-state index contributed by atoms with van der Waals surface area (Å²) in [6.45, 7) is 6.94. The van der Waals surface area contributed by atoms with E-state index in [-0.39, 0.29) is 0 Å². The number of anilines is 1. The summed E-state index contributed by atoms with van der Waals surface area (Å²) in [6, 6.07) is 3.86. The van der Waals surface area contributed by atoms with E-state index in [1.54, 1.807) is 6.20 Å². The number of rotatable bonds is 6. The largest absolute Gasteiger partial charge is 0.436 e. The summed E-state index contributed by atoms with van der Waals surface area (Å²) < 4.78 is 6.62. The van der Waals surface area contributed by atoms with E-state index in [1.807, 2.05) is 19.1 Å². The Labute approximate surface area is 133 Å². The third-order valence-electron chi connectivity index (χ3n) is 2.86. The highest BCUT2D eigenvalue weighted by Gasteiger charge is 2.11. The Hall–Kier alpha value is -1.69. The Kier molecular flexibility index (Phi) is 5.50. The smallest absolute Gasteiger partial charge is 0.238 e. The van der Waals surface area contributed by atoms with Crippen molar-refractivity contribution in [3.63, 3.8) is 0 Å². The fraction of sp³-hybridized carbons (Fsp3) is 0.400. The molecule has 0 fully saturated rings. The summed E-state index contributed by atoms with van der Waals surface area (Å²) in [5, 5.41) is 3.15. The van der Waals surface area contributed by atoms with Crippen molar-refractivity contribution in [3.05, 3.63) is 34.2 Å². The molecule has 0 spiro atoms. The highest BCUT2D eigenvalue weighted by atomic mass is 79.9. The second-order valence-corrected chi connectivity index (χ2v) is 5.48. The third-order valence-corrected chi connectivity index (χ3v) is 3.40. The molecule has 21 heavy (non-hydrogen) atoms. The predicted octanol–water partition coefficient (Wildman–Crippen LogP) is 4.12. The topological polar surface area (TPSA) is 59.9 Å². The molecule has 2 aromatic rings. The first-order chi connectivity index (χ1) is 10.1. The molecule has 0 aromatic carbocycles. The molecular weight excluding hydrogens is 332 g/mol. The van der Waals surface area contributed by atoms with Crippen LogP contribution in [-0.2, 0) is 6.42 Å². The number of ether oxygens (including phenoxy) is 1. The van der Waals surface area contributed by atoms with Crippen LogP contribution in [-0.4, -0.2) is 21.5 Å². The zero-order valence-electron chi connectivity index (χ0n) is 12.5. The molecule has 0 saturated carbocycles. The third kappa shape index (κ3) is 4.14. The Morgan fingerprint density at radius 2 is 2.05 bits per heavy atom. The molecule has 0 aliphatic heterocycles. The van der Waals surface area contributed by atoms with Crippen molar-refractivity contribution < 1.29 is 4.74 Å².